The minimum Gasteiger partial charge on any atom is -0.451 e. The summed E-state index contributed by atoms with van der Waals surface area (Å²) in [4.78, 5) is 39.3. The van der Waals surface area contributed by atoms with Gasteiger partial charge in [-0.05, 0) is 125 Å². The molecule has 2 bridgehead atoms. The molecule has 0 spiro atoms. The third kappa shape index (κ3) is 8.39. The summed E-state index contributed by atoms with van der Waals surface area (Å²) < 4.78 is 44.1. The molecule has 0 amide bonds. The van der Waals surface area contributed by atoms with Gasteiger partial charge < -0.3 is 14.4 Å². The zero-order valence-corrected chi connectivity index (χ0v) is 34.5. The van der Waals surface area contributed by atoms with Gasteiger partial charge >= 0.3 is 16.4 Å². The quantitative estimate of drug-likeness (QED) is 0.216. The molecule has 56 heavy (non-hydrogen) atoms. The van der Waals surface area contributed by atoms with Gasteiger partial charge in [0.15, 0.2) is 17.2 Å². The molecule has 2 aromatic rings. The standard InChI is InChI=1S/C24H32O4.C21H25NO.H2O4S/c1-14-12-18-19(22(4)9-6-17(27)13-21(14)22)7-10-23(5)20(18)8-11-24(23,15(2)25)28-16(3)26;1-22-18-12-13-19(22)15-20(14-18)23-21(16-8-4-2-5-9-16)17-10-6-3-7-11-17;1-5(2,3)4/h12-13,18-20H,6-11H2,1-5H3;2-11,18-21H,12-15H2,1H3;(H2,1,2,3,4). The molecule has 8 unspecified atom stereocenters. The molecule has 0 aromatic heterocycles. The lowest BCUT2D eigenvalue weighted by atomic mass is 9.47. The predicted octanol–water partition coefficient (Wildman–Crippen LogP) is 8.34. The van der Waals surface area contributed by atoms with Crippen molar-refractivity contribution in [3.8, 4) is 0 Å². The van der Waals surface area contributed by atoms with Crippen LogP contribution in [0.25, 0.3) is 0 Å². The molecule has 10 nitrogen and oxygen atoms in total. The number of ketones is 2. The van der Waals surface area contributed by atoms with Crippen LogP contribution < -0.4 is 0 Å². The Morgan fingerprint density at radius 3 is 1.89 bits per heavy atom. The van der Waals surface area contributed by atoms with Crippen LogP contribution in [0.15, 0.2) is 84.0 Å². The monoisotopic (exact) mass is 789 g/mol. The number of hydrogen-bond acceptors (Lipinski definition) is 8. The minimum atomic E-state index is -4.67. The third-order valence-electron chi connectivity index (χ3n) is 14.4. The molecule has 4 fully saturated rings. The summed E-state index contributed by atoms with van der Waals surface area (Å²) in [6.45, 7) is 9.63. The first kappa shape index (κ1) is 42.1. The van der Waals surface area contributed by atoms with Crippen LogP contribution in [0.2, 0.25) is 0 Å². The number of esters is 1. The van der Waals surface area contributed by atoms with E-state index in [0.717, 1.165) is 25.7 Å². The van der Waals surface area contributed by atoms with Gasteiger partial charge in [0.05, 0.1) is 6.10 Å². The molecule has 0 radical (unpaired) electrons. The summed E-state index contributed by atoms with van der Waals surface area (Å²) in [5.74, 6) is 1.03. The number of nitrogens with zero attached hydrogens (tertiary/aromatic N) is 1. The van der Waals surface area contributed by atoms with Gasteiger partial charge in [-0.2, -0.15) is 8.42 Å². The Hall–Kier alpha value is -3.48. The van der Waals surface area contributed by atoms with Crippen molar-refractivity contribution in [2.24, 2.45) is 28.6 Å². The fourth-order valence-electron chi connectivity index (χ4n) is 11.7. The Kier molecular flexibility index (Phi) is 12.3. The first-order valence-electron chi connectivity index (χ1n) is 20.2. The second kappa shape index (κ2) is 16.4. The van der Waals surface area contributed by atoms with E-state index in [0.29, 0.717) is 48.8 Å². The van der Waals surface area contributed by atoms with Gasteiger partial charge in [0, 0.05) is 30.8 Å². The van der Waals surface area contributed by atoms with E-state index in [1.165, 1.54) is 54.9 Å². The Balaban J connectivity index is 0.000000172. The lowest BCUT2D eigenvalue weighted by Gasteiger charge is -2.58. The Morgan fingerprint density at radius 2 is 1.38 bits per heavy atom. The van der Waals surface area contributed by atoms with Gasteiger partial charge in [-0.1, -0.05) is 86.2 Å². The summed E-state index contributed by atoms with van der Waals surface area (Å²) in [5, 5.41) is 0. The Morgan fingerprint density at radius 1 is 0.839 bits per heavy atom. The molecule has 2 saturated carbocycles. The zero-order valence-electron chi connectivity index (χ0n) is 33.6. The maximum Gasteiger partial charge on any atom is 0.394 e. The van der Waals surface area contributed by atoms with E-state index in [1.54, 1.807) is 6.92 Å². The van der Waals surface area contributed by atoms with E-state index < -0.39 is 16.0 Å². The van der Waals surface area contributed by atoms with Crippen LogP contribution in [-0.4, -0.2) is 70.8 Å². The highest BCUT2D eigenvalue weighted by atomic mass is 32.3. The normalized spacial score (nSPS) is 34.6. The number of Topliss-reactive ketones (excluding diaryl/α,β-unsaturated/α-hetero) is 1. The van der Waals surface area contributed by atoms with Crippen LogP contribution in [0.1, 0.15) is 116 Å². The lowest BCUT2D eigenvalue weighted by molar-refractivity contribution is -0.185. The number of carbonyl (C=O) groups is 3. The maximum absolute atomic E-state index is 12.8. The average molecular weight is 790 g/mol. The second-order valence-electron chi connectivity index (χ2n) is 17.5. The highest BCUT2D eigenvalue weighted by Crippen LogP contribution is 2.67. The second-order valence-corrected chi connectivity index (χ2v) is 18.4. The molecule has 11 heteroatoms. The van der Waals surface area contributed by atoms with Crippen molar-refractivity contribution in [2.75, 3.05) is 7.05 Å². The first-order chi connectivity index (χ1) is 26.4. The molecule has 8 rings (SSSR count). The van der Waals surface area contributed by atoms with E-state index in [-0.39, 0.29) is 34.5 Å². The SMILES string of the molecule is CC(=O)OC1(C(C)=O)CCC2C3C=C(C)C4=CC(=O)CCC4(C)C3CCC21C.CN1C2CCC1CC(OC(c1ccccc1)c1ccccc1)C2.O=S(=O)(O)O. The number of rotatable bonds is 6. The molecule has 8 atom stereocenters. The number of hydrogen-bond donors (Lipinski definition) is 2. The maximum atomic E-state index is 12.8. The molecule has 2 aromatic carbocycles. The van der Waals surface area contributed by atoms with Gasteiger partial charge in [0.1, 0.15) is 6.10 Å². The van der Waals surface area contributed by atoms with Crippen molar-refractivity contribution >= 4 is 27.9 Å². The average Bonchev–Trinajstić information content (AvgIpc) is 3.53. The smallest absolute Gasteiger partial charge is 0.394 e. The van der Waals surface area contributed by atoms with Crippen molar-refractivity contribution in [1.29, 1.82) is 0 Å². The topological polar surface area (TPSA) is 148 Å². The van der Waals surface area contributed by atoms with Crippen LogP contribution >= 0.6 is 0 Å². The fraction of sp³-hybridized carbons (Fsp3) is 0.578. The number of allylic oxidation sites excluding steroid dienone is 4. The molecule has 4 aliphatic carbocycles. The van der Waals surface area contributed by atoms with Gasteiger partial charge in [-0.15, -0.1) is 0 Å². The van der Waals surface area contributed by atoms with Gasteiger partial charge in [-0.3, -0.25) is 23.5 Å². The predicted molar refractivity (Wildman–Crippen MR) is 214 cm³/mol. The summed E-state index contributed by atoms with van der Waals surface area (Å²) >= 11 is 0. The fourth-order valence-corrected chi connectivity index (χ4v) is 11.7. The molecule has 2 N–H and O–H groups in total. The van der Waals surface area contributed by atoms with E-state index >= 15 is 0 Å². The van der Waals surface area contributed by atoms with Crippen molar-refractivity contribution in [1.82, 2.24) is 4.90 Å². The summed E-state index contributed by atoms with van der Waals surface area (Å²) in [6.07, 6.45) is 14.6. The molecule has 2 saturated heterocycles. The van der Waals surface area contributed by atoms with Gasteiger partial charge in [0.2, 0.25) is 0 Å². The molecular formula is C45H59NO9S. The summed E-state index contributed by atoms with van der Waals surface area (Å²) in [6, 6.07) is 22.7. The van der Waals surface area contributed by atoms with E-state index in [4.69, 9.17) is 27.0 Å². The van der Waals surface area contributed by atoms with Crippen molar-refractivity contribution < 1.29 is 41.4 Å². The van der Waals surface area contributed by atoms with Crippen molar-refractivity contribution in [3.05, 3.63) is 95.1 Å². The largest absolute Gasteiger partial charge is 0.451 e. The van der Waals surface area contributed by atoms with E-state index in [9.17, 15) is 14.4 Å². The van der Waals surface area contributed by atoms with Crippen LogP contribution in [0.5, 0.6) is 0 Å². The first-order valence-corrected chi connectivity index (χ1v) is 21.6. The van der Waals surface area contributed by atoms with Crippen molar-refractivity contribution in [3.63, 3.8) is 0 Å². The summed E-state index contributed by atoms with van der Waals surface area (Å²) in [5.41, 5.74) is 3.66. The summed E-state index contributed by atoms with van der Waals surface area (Å²) in [7, 11) is -2.38. The highest BCUT2D eigenvalue weighted by molar-refractivity contribution is 7.79. The van der Waals surface area contributed by atoms with E-state index in [1.807, 2.05) is 6.08 Å². The highest BCUT2D eigenvalue weighted by Gasteiger charge is 2.67. The molecule has 2 aliphatic heterocycles. The van der Waals surface area contributed by atoms with Gasteiger partial charge in [-0.25, -0.2) is 0 Å². The van der Waals surface area contributed by atoms with Crippen LogP contribution in [0.3, 0.4) is 0 Å². The number of carbonyl (C=O) groups excluding carboxylic acids is 3. The number of fused-ring (bicyclic) bond motifs is 7. The Labute approximate surface area is 332 Å². The van der Waals surface area contributed by atoms with E-state index in [2.05, 4.69) is 99.5 Å². The molecule has 6 aliphatic rings. The lowest BCUT2D eigenvalue weighted by Crippen LogP contribution is -2.58. The number of benzene rings is 2. The van der Waals surface area contributed by atoms with Gasteiger partial charge in [0.25, 0.3) is 0 Å². The molecular weight excluding hydrogens is 731 g/mol. The third-order valence-corrected chi connectivity index (χ3v) is 14.4. The number of piperidine rings is 1. The number of ether oxygens (including phenoxy) is 2. The Bertz CT molecular complexity index is 1890. The van der Waals surface area contributed by atoms with Crippen LogP contribution in [-0.2, 0) is 34.3 Å². The molecule has 2 heterocycles. The zero-order chi connectivity index (χ0) is 40.6. The minimum absolute atomic E-state index is 0.0160. The van der Waals surface area contributed by atoms with Crippen molar-refractivity contribution in [2.45, 2.75) is 129 Å². The van der Waals surface area contributed by atoms with Crippen LogP contribution in [0, 0.1) is 28.6 Å². The molecule has 304 valence electrons. The van der Waals surface area contributed by atoms with Crippen LogP contribution in [0.4, 0.5) is 0 Å².